The van der Waals surface area contributed by atoms with E-state index in [2.05, 4.69) is 36.2 Å². The zero-order valence-electron chi connectivity index (χ0n) is 9.45. The topological polar surface area (TPSA) is 3.24 Å². The van der Waals surface area contributed by atoms with Gasteiger partial charge in [0.05, 0.1) is 0 Å². The van der Waals surface area contributed by atoms with E-state index in [-0.39, 0.29) is 0 Å². The lowest BCUT2D eigenvalue weighted by atomic mass is 9.75. The molecule has 1 aliphatic heterocycles. The Morgan fingerprint density at radius 3 is 2.87 bits per heavy atom. The van der Waals surface area contributed by atoms with Crippen LogP contribution in [0.25, 0.3) is 0 Å². The summed E-state index contributed by atoms with van der Waals surface area (Å²) in [4.78, 5) is 2.56. The van der Waals surface area contributed by atoms with E-state index in [4.69, 9.17) is 0 Å². The molecule has 0 aromatic heterocycles. The molecule has 80 valence electrons. The molecule has 0 unspecified atom stereocenters. The lowest BCUT2D eigenvalue weighted by molar-refractivity contribution is 0.143. The average molecular weight is 201 g/mol. The van der Waals surface area contributed by atoms with Crippen molar-refractivity contribution in [1.82, 2.24) is 4.90 Å². The summed E-state index contributed by atoms with van der Waals surface area (Å²) in [6.45, 7) is 1.15. The molecular formula is C14H19N. The van der Waals surface area contributed by atoms with E-state index in [0.29, 0.717) is 0 Å². The van der Waals surface area contributed by atoms with Gasteiger partial charge in [0, 0.05) is 12.6 Å². The van der Waals surface area contributed by atoms with E-state index in [9.17, 15) is 0 Å². The highest BCUT2D eigenvalue weighted by atomic mass is 15.1. The van der Waals surface area contributed by atoms with Crippen LogP contribution in [0.2, 0.25) is 0 Å². The lowest BCUT2D eigenvalue weighted by Gasteiger charge is -2.43. The molecule has 2 aliphatic rings. The summed E-state index contributed by atoms with van der Waals surface area (Å²) in [5, 5.41) is 0. The van der Waals surface area contributed by atoms with Crippen LogP contribution in [0.1, 0.15) is 42.7 Å². The fourth-order valence-electron chi connectivity index (χ4n) is 3.43. The summed E-state index contributed by atoms with van der Waals surface area (Å²) in [5.74, 6) is 0.814. The smallest absolute Gasteiger partial charge is 0.0236 e. The molecule has 0 N–H and O–H groups in total. The monoisotopic (exact) mass is 201 g/mol. The summed E-state index contributed by atoms with van der Waals surface area (Å²) in [6, 6.07) is 9.85. The van der Waals surface area contributed by atoms with E-state index in [1.54, 1.807) is 11.1 Å². The van der Waals surface area contributed by atoms with Gasteiger partial charge >= 0.3 is 0 Å². The van der Waals surface area contributed by atoms with Crippen molar-refractivity contribution in [3.63, 3.8) is 0 Å². The van der Waals surface area contributed by atoms with Gasteiger partial charge in [0.1, 0.15) is 0 Å². The van der Waals surface area contributed by atoms with E-state index in [0.717, 1.165) is 18.5 Å². The molecule has 1 heteroatoms. The van der Waals surface area contributed by atoms with Crippen LogP contribution >= 0.6 is 0 Å². The van der Waals surface area contributed by atoms with Gasteiger partial charge < -0.3 is 0 Å². The molecule has 1 saturated carbocycles. The molecule has 1 fully saturated rings. The van der Waals surface area contributed by atoms with Crippen LogP contribution in [0.15, 0.2) is 24.3 Å². The Morgan fingerprint density at radius 1 is 1.13 bits per heavy atom. The van der Waals surface area contributed by atoms with Gasteiger partial charge in [-0.3, -0.25) is 4.90 Å². The van der Waals surface area contributed by atoms with E-state index in [1.165, 1.54) is 25.7 Å². The van der Waals surface area contributed by atoms with Crippen molar-refractivity contribution in [3.8, 4) is 0 Å². The first-order valence-corrected chi connectivity index (χ1v) is 6.14. The van der Waals surface area contributed by atoms with Crippen molar-refractivity contribution >= 4 is 0 Å². The Kier molecular flexibility index (Phi) is 2.28. The fourth-order valence-corrected chi connectivity index (χ4v) is 3.43. The first-order valence-electron chi connectivity index (χ1n) is 6.14. The molecule has 0 spiro atoms. The molecule has 0 amide bonds. The SMILES string of the molecule is CN1Cc2ccccc2[C@H]2CCCC[C@@H]21. The van der Waals surface area contributed by atoms with Gasteiger partial charge in [-0.25, -0.2) is 0 Å². The Morgan fingerprint density at radius 2 is 1.93 bits per heavy atom. The van der Waals surface area contributed by atoms with Gasteiger partial charge in [0.2, 0.25) is 0 Å². The Bertz CT molecular complexity index is 358. The molecule has 1 nitrogen and oxygen atoms in total. The fraction of sp³-hybridized carbons (Fsp3) is 0.571. The minimum Gasteiger partial charge on any atom is -0.299 e. The second kappa shape index (κ2) is 3.64. The Balaban J connectivity index is 2.02. The van der Waals surface area contributed by atoms with Crippen LogP contribution < -0.4 is 0 Å². The van der Waals surface area contributed by atoms with Crippen molar-refractivity contribution in [2.75, 3.05) is 7.05 Å². The summed E-state index contributed by atoms with van der Waals surface area (Å²) >= 11 is 0. The van der Waals surface area contributed by atoms with Crippen LogP contribution in [0, 0.1) is 0 Å². The van der Waals surface area contributed by atoms with Crippen molar-refractivity contribution < 1.29 is 0 Å². The van der Waals surface area contributed by atoms with Gasteiger partial charge in [0.15, 0.2) is 0 Å². The number of likely N-dealkylation sites (N-methyl/N-ethyl adjacent to an activating group) is 1. The van der Waals surface area contributed by atoms with Gasteiger partial charge in [-0.2, -0.15) is 0 Å². The maximum atomic E-state index is 2.56. The zero-order chi connectivity index (χ0) is 10.3. The predicted molar refractivity (Wildman–Crippen MR) is 62.9 cm³/mol. The maximum absolute atomic E-state index is 2.56. The molecular weight excluding hydrogens is 182 g/mol. The van der Waals surface area contributed by atoms with Crippen LogP contribution in [0.5, 0.6) is 0 Å². The molecule has 1 aromatic rings. The number of benzene rings is 1. The second-order valence-electron chi connectivity index (χ2n) is 5.07. The number of hydrogen-bond donors (Lipinski definition) is 0. The highest BCUT2D eigenvalue weighted by molar-refractivity contribution is 5.34. The minimum absolute atomic E-state index is 0.814. The van der Waals surface area contributed by atoms with Crippen LogP contribution in [0.3, 0.4) is 0 Å². The predicted octanol–water partition coefficient (Wildman–Crippen LogP) is 3.16. The molecule has 1 aliphatic carbocycles. The zero-order valence-corrected chi connectivity index (χ0v) is 9.45. The third-order valence-electron chi connectivity index (χ3n) is 4.17. The first-order chi connectivity index (χ1) is 7.36. The molecule has 15 heavy (non-hydrogen) atoms. The highest BCUT2D eigenvalue weighted by Crippen LogP contribution is 2.40. The normalized spacial score (nSPS) is 30.7. The molecule has 1 heterocycles. The molecule has 1 aromatic carbocycles. The Labute approximate surface area is 92.1 Å². The van der Waals surface area contributed by atoms with Crippen molar-refractivity contribution in [2.45, 2.75) is 44.2 Å². The van der Waals surface area contributed by atoms with Gasteiger partial charge in [-0.05, 0) is 36.9 Å². The summed E-state index contributed by atoms with van der Waals surface area (Å²) < 4.78 is 0. The molecule has 2 atom stereocenters. The van der Waals surface area contributed by atoms with Gasteiger partial charge in [-0.1, -0.05) is 37.1 Å². The minimum atomic E-state index is 0.814. The molecule has 0 radical (unpaired) electrons. The van der Waals surface area contributed by atoms with Crippen molar-refractivity contribution in [1.29, 1.82) is 0 Å². The first kappa shape index (κ1) is 9.41. The third kappa shape index (κ3) is 1.50. The van der Waals surface area contributed by atoms with Crippen LogP contribution in [0.4, 0.5) is 0 Å². The lowest BCUT2D eigenvalue weighted by Crippen LogP contribution is -2.42. The van der Waals surface area contributed by atoms with E-state index in [1.807, 2.05) is 0 Å². The summed E-state index contributed by atoms with van der Waals surface area (Å²) in [5.41, 5.74) is 3.20. The maximum Gasteiger partial charge on any atom is 0.0236 e. The molecule has 0 saturated heterocycles. The largest absolute Gasteiger partial charge is 0.299 e. The highest BCUT2D eigenvalue weighted by Gasteiger charge is 2.34. The average Bonchev–Trinajstić information content (AvgIpc) is 2.30. The standard InChI is InChI=1S/C14H19N/c1-15-10-11-6-2-3-7-12(11)13-8-4-5-9-14(13)15/h2-3,6-7,13-14H,4-5,8-10H2,1H3/t13-,14+/m1/s1. The van der Waals surface area contributed by atoms with Gasteiger partial charge in [0.25, 0.3) is 0 Å². The van der Waals surface area contributed by atoms with E-state index >= 15 is 0 Å². The van der Waals surface area contributed by atoms with Crippen LogP contribution in [-0.2, 0) is 6.54 Å². The molecule has 0 bridgehead atoms. The summed E-state index contributed by atoms with van der Waals surface area (Å²) in [7, 11) is 2.29. The quantitative estimate of drug-likeness (QED) is 0.623. The molecule has 3 rings (SSSR count). The van der Waals surface area contributed by atoms with E-state index < -0.39 is 0 Å². The van der Waals surface area contributed by atoms with Gasteiger partial charge in [-0.15, -0.1) is 0 Å². The summed E-state index contributed by atoms with van der Waals surface area (Å²) in [6.07, 6.45) is 5.64. The number of rotatable bonds is 0. The third-order valence-corrected chi connectivity index (χ3v) is 4.17. The number of nitrogens with zero attached hydrogens (tertiary/aromatic N) is 1. The second-order valence-corrected chi connectivity index (χ2v) is 5.07. The Hall–Kier alpha value is -0.820. The van der Waals surface area contributed by atoms with Crippen LogP contribution in [-0.4, -0.2) is 18.0 Å². The van der Waals surface area contributed by atoms with Crippen molar-refractivity contribution in [2.24, 2.45) is 0 Å². The number of hydrogen-bond acceptors (Lipinski definition) is 1. The number of fused-ring (bicyclic) bond motifs is 3. The van der Waals surface area contributed by atoms with Crippen molar-refractivity contribution in [3.05, 3.63) is 35.4 Å².